The first kappa shape index (κ1) is 14.6. The van der Waals surface area contributed by atoms with E-state index < -0.39 is 0 Å². The van der Waals surface area contributed by atoms with Crippen molar-refractivity contribution < 1.29 is 9.53 Å². The summed E-state index contributed by atoms with van der Waals surface area (Å²) in [5, 5.41) is 0. The number of methoxy groups -OCH3 is 1. The zero-order valence-corrected chi connectivity index (χ0v) is 12.0. The summed E-state index contributed by atoms with van der Waals surface area (Å²) in [4.78, 5) is 14.6. The van der Waals surface area contributed by atoms with E-state index in [1.807, 2.05) is 29.2 Å². The van der Waals surface area contributed by atoms with Crippen molar-refractivity contribution in [1.29, 1.82) is 0 Å². The van der Waals surface area contributed by atoms with Gasteiger partial charge in [-0.1, -0.05) is 18.2 Å². The Morgan fingerprint density at radius 2 is 2.10 bits per heavy atom. The Hall–Kier alpha value is -1.81. The Morgan fingerprint density at radius 3 is 2.60 bits per heavy atom. The van der Waals surface area contributed by atoms with Gasteiger partial charge in [0, 0.05) is 25.9 Å². The lowest BCUT2D eigenvalue weighted by atomic mass is 9.94. The molecular formula is C16H22N2O2. The maximum atomic E-state index is 12.8. The Labute approximate surface area is 120 Å². The SMILES string of the molecule is C=CCN(CCOC)C(=O)C1(c2ccc(N)cc2)CC1. The van der Waals surface area contributed by atoms with Gasteiger partial charge in [0.2, 0.25) is 5.91 Å². The lowest BCUT2D eigenvalue weighted by Crippen LogP contribution is -2.41. The molecule has 0 radical (unpaired) electrons. The monoisotopic (exact) mass is 274 g/mol. The quantitative estimate of drug-likeness (QED) is 0.611. The molecule has 1 aromatic rings. The third-order valence-electron chi connectivity index (χ3n) is 3.82. The average molecular weight is 274 g/mol. The third-order valence-corrected chi connectivity index (χ3v) is 3.82. The molecule has 2 rings (SSSR count). The predicted octanol–water partition coefficient (Wildman–Crippen LogP) is 1.96. The molecule has 4 heteroatoms. The van der Waals surface area contributed by atoms with E-state index >= 15 is 0 Å². The van der Waals surface area contributed by atoms with Crippen molar-refractivity contribution in [2.24, 2.45) is 0 Å². The van der Waals surface area contributed by atoms with Crippen molar-refractivity contribution in [2.75, 3.05) is 32.5 Å². The number of hydrogen-bond acceptors (Lipinski definition) is 3. The summed E-state index contributed by atoms with van der Waals surface area (Å²) in [5.74, 6) is 0.166. The van der Waals surface area contributed by atoms with E-state index in [0.717, 1.165) is 24.1 Å². The molecule has 0 aliphatic heterocycles. The second-order valence-electron chi connectivity index (χ2n) is 5.24. The highest BCUT2D eigenvalue weighted by atomic mass is 16.5. The highest BCUT2D eigenvalue weighted by Gasteiger charge is 2.52. The molecule has 0 heterocycles. The summed E-state index contributed by atoms with van der Waals surface area (Å²) < 4.78 is 5.08. The van der Waals surface area contributed by atoms with Gasteiger partial charge in [-0.2, -0.15) is 0 Å². The molecule has 0 unspecified atom stereocenters. The van der Waals surface area contributed by atoms with Crippen LogP contribution in [0.1, 0.15) is 18.4 Å². The normalized spacial score (nSPS) is 15.7. The topological polar surface area (TPSA) is 55.6 Å². The minimum atomic E-state index is -0.357. The van der Waals surface area contributed by atoms with Gasteiger partial charge in [0.25, 0.3) is 0 Å². The van der Waals surface area contributed by atoms with Crippen LogP contribution >= 0.6 is 0 Å². The summed E-state index contributed by atoms with van der Waals surface area (Å²) in [7, 11) is 1.64. The molecule has 0 spiro atoms. The number of ether oxygens (including phenoxy) is 1. The molecule has 108 valence electrons. The van der Waals surface area contributed by atoms with Gasteiger partial charge in [0.15, 0.2) is 0 Å². The van der Waals surface area contributed by atoms with Gasteiger partial charge in [-0.25, -0.2) is 0 Å². The van der Waals surface area contributed by atoms with Crippen LogP contribution in [-0.4, -0.2) is 37.6 Å². The first-order valence-electron chi connectivity index (χ1n) is 6.89. The number of nitrogens with two attached hydrogens (primary N) is 1. The zero-order chi connectivity index (χ0) is 14.6. The molecule has 0 aromatic heterocycles. The van der Waals surface area contributed by atoms with Crippen LogP contribution in [0, 0.1) is 0 Å². The van der Waals surface area contributed by atoms with Crippen LogP contribution in [0.25, 0.3) is 0 Å². The van der Waals surface area contributed by atoms with Gasteiger partial charge in [-0.05, 0) is 30.5 Å². The van der Waals surface area contributed by atoms with Crippen LogP contribution in [-0.2, 0) is 14.9 Å². The molecule has 1 aliphatic rings. The van der Waals surface area contributed by atoms with Gasteiger partial charge in [0.1, 0.15) is 0 Å². The van der Waals surface area contributed by atoms with E-state index in [2.05, 4.69) is 6.58 Å². The standard InChI is InChI=1S/C16H22N2O2/c1-3-10-18(11-12-20-2)15(19)16(8-9-16)13-4-6-14(17)7-5-13/h3-7H,1,8-12,17H2,2H3. The molecule has 4 nitrogen and oxygen atoms in total. The minimum absolute atomic E-state index is 0.166. The van der Waals surface area contributed by atoms with E-state index in [0.29, 0.717) is 19.7 Å². The van der Waals surface area contributed by atoms with E-state index in [1.54, 1.807) is 13.2 Å². The molecule has 1 saturated carbocycles. The molecule has 1 aliphatic carbocycles. The van der Waals surface area contributed by atoms with Crippen LogP contribution in [0.4, 0.5) is 5.69 Å². The van der Waals surface area contributed by atoms with Crippen molar-refractivity contribution in [2.45, 2.75) is 18.3 Å². The largest absolute Gasteiger partial charge is 0.399 e. The number of amides is 1. The molecular weight excluding hydrogens is 252 g/mol. The molecule has 0 bridgehead atoms. The fourth-order valence-electron chi connectivity index (χ4n) is 2.49. The molecule has 1 fully saturated rings. The Morgan fingerprint density at radius 1 is 1.45 bits per heavy atom. The number of nitrogens with zero attached hydrogens (tertiary/aromatic N) is 1. The summed E-state index contributed by atoms with van der Waals surface area (Å²) >= 11 is 0. The van der Waals surface area contributed by atoms with Gasteiger partial charge in [-0.3, -0.25) is 4.79 Å². The van der Waals surface area contributed by atoms with Crippen molar-refractivity contribution in [3.05, 3.63) is 42.5 Å². The van der Waals surface area contributed by atoms with Crippen molar-refractivity contribution in [3.63, 3.8) is 0 Å². The highest BCUT2D eigenvalue weighted by molar-refractivity contribution is 5.91. The third kappa shape index (κ3) is 2.85. The first-order valence-corrected chi connectivity index (χ1v) is 6.89. The summed E-state index contributed by atoms with van der Waals surface area (Å²) in [6.45, 7) is 5.42. The number of nitrogen functional groups attached to an aromatic ring is 1. The molecule has 2 N–H and O–H groups in total. The smallest absolute Gasteiger partial charge is 0.233 e. The number of anilines is 1. The van der Waals surface area contributed by atoms with Crippen LogP contribution in [0.3, 0.4) is 0 Å². The second kappa shape index (κ2) is 6.09. The van der Waals surface area contributed by atoms with Crippen molar-refractivity contribution >= 4 is 11.6 Å². The Kier molecular flexibility index (Phi) is 4.45. The highest BCUT2D eigenvalue weighted by Crippen LogP contribution is 2.49. The minimum Gasteiger partial charge on any atom is -0.399 e. The molecule has 1 amide bonds. The van der Waals surface area contributed by atoms with Gasteiger partial charge in [-0.15, -0.1) is 6.58 Å². The number of hydrogen-bond donors (Lipinski definition) is 1. The van der Waals surface area contributed by atoms with Gasteiger partial charge >= 0.3 is 0 Å². The van der Waals surface area contributed by atoms with Gasteiger partial charge < -0.3 is 15.4 Å². The summed E-state index contributed by atoms with van der Waals surface area (Å²) in [5.41, 5.74) is 7.14. The number of carbonyl (C=O) groups is 1. The number of rotatable bonds is 7. The molecule has 1 aromatic carbocycles. The van der Waals surface area contributed by atoms with E-state index in [-0.39, 0.29) is 11.3 Å². The Balaban J connectivity index is 2.17. The molecule has 0 atom stereocenters. The molecule has 0 saturated heterocycles. The van der Waals surface area contributed by atoms with E-state index in [9.17, 15) is 4.79 Å². The fraction of sp³-hybridized carbons (Fsp3) is 0.438. The first-order chi connectivity index (χ1) is 9.64. The van der Waals surface area contributed by atoms with Crippen LogP contribution in [0.5, 0.6) is 0 Å². The lowest BCUT2D eigenvalue weighted by molar-refractivity contribution is -0.134. The fourth-order valence-corrected chi connectivity index (χ4v) is 2.49. The van der Waals surface area contributed by atoms with E-state index in [4.69, 9.17) is 10.5 Å². The van der Waals surface area contributed by atoms with E-state index in [1.165, 1.54) is 0 Å². The van der Waals surface area contributed by atoms with Gasteiger partial charge in [0.05, 0.1) is 12.0 Å². The lowest BCUT2D eigenvalue weighted by Gasteiger charge is -2.26. The maximum absolute atomic E-state index is 12.8. The summed E-state index contributed by atoms with van der Waals surface area (Å²) in [6.07, 6.45) is 3.55. The number of benzene rings is 1. The average Bonchev–Trinajstić information content (AvgIpc) is 3.25. The Bertz CT molecular complexity index is 478. The second-order valence-corrected chi connectivity index (χ2v) is 5.24. The zero-order valence-electron chi connectivity index (χ0n) is 12.0. The van der Waals surface area contributed by atoms with Crippen LogP contribution < -0.4 is 5.73 Å². The van der Waals surface area contributed by atoms with Crippen LogP contribution in [0.15, 0.2) is 36.9 Å². The van der Waals surface area contributed by atoms with Crippen molar-refractivity contribution in [3.8, 4) is 0 Å². The maximum Gasteiger partial charge on any atom is 0.233 e. The predicted molar refractivity (Wildman–Crippen MR) is 80.4 cm³/mol. The number of carbonyl (C=O) groups excluding carboxylic acids is 1. The molecule has 20 heavy (non-hydrogen) atoms. The van der Waals surface area contributed by atoms with Crippen molar-refractivity contribution in [1.82, 2.24) is 4.90 Å². The summed E-state index contributed by atoms with van der Waals surface area (Å²) in [6, 6.07) is 7.64. The van der Waals surface area contributed by atoms with Crippen LogP contribution in [0.2, 0.25) is 0 Å².